The topological polar surface area (TPSA) is 113 Å². The Morgan fingerprint density at radius 3 is 2.67 bits per heavy atom. The van der Waals surface area contributed by atoms with Crippen molar-refractivity contribution in [3.8, 4) is 23.2 Å². The van der Waals surface area contributed by atoms with Crippen molar-refractivity contribution < 1.29 is 13.5 Å². The van der Waals surface area contributed by atoms with E-state index in [9.17, 15) is 9.65 Å². The molecule has 4 aromatic rings. The Kier molecular flexibility index (Phi) is 5.77. The number of nitriles is 1. The summed E-state index contributed by atoms with van der Waals surface area (Å²) in [6.07, 6.45) is 4.40. The van der Waals surface area contributed by atoms with Gasteiger partial charge in [0.15, 0.2) is 10.9 Å². The van der Waals surface area contributed by atoms with Crippen molar-refractivity contribution in [1.29, 1.82) is 5.26 Å². The van der Waals surface area contributed by atoms with Crippen LogP contribution in [0.4, 0.5) is 19.7 Å². The zero-order chi connectivity index (χ0) is 26.9. The van der Waals surface area contributed by atoms with Crippen molar-refractivity contribution in [2.45, 2.75) is 44.2 Å². The standard InChI is InChI=1S/C27H24ClF2N7OS/c28-17-9-16-21(20(30)19(17)15-3-4-18(29)23-22(15)34-25(32)39-23)35-26(38-8-7-27(12-31)5-6-27)36-24(16)37-10-13-1-2-14(11-37)33-13/h3-4,9,13-14,33H,1-2,5-8,10-11H2,(H2,32,34). The number of thiazole rings is 1. The molecule has 2 unspecified atom stereocenters. The van der Waals surface area contributed by atoms with Gasteiger partial charge in [-0.05, 0) is 43.9 Å². The van der Waals surface area contributed by atoms with Crippen LogP contribution in [0.1, 0.15) is 32.1 Å². The van der Waals surface area contributed by atoms with E-state index < -0.39 is 11.6 Å². The van der Waals surface area contributed by atoms with Gasteiger partial charge in [0.2, 0.25) is 0 Å². The number of rotatable bonds is 6. The van der Waals surface area contributed by atoms with Gasteiger partial charge >= 0.3 is 6.01 Å². The number of hydrogen-bond acceptors (Lipinski definition) is 9. The molecule has 12 heteroatoms. The summed E-state index contributed by atoms with van der Waals surface area (Å²) < 4.78 is 37.1. The van der Waals surface area contributed by atoms with Gasteiger partial charge in [-0.3, -0.25) is 0 Å². The van der Waals surface area contributed by atoms with Gasteiger partial charge in [0.25, 0.3) is 0 Å². The van der Waals surface area contributed by atoms with Crippen molar-refractivity contribution in [3.63, 3.8) is 0 Å². The van der Waals surface area contributed by atoms with Crippen molar-refractivity contribution in [3.05, 3.63) is 34.9 Å². The number of benzene rings is 2. The summed E-state index contributed by atoms with van der Waals surface area (Å²) in [5.41, 5.74) is 6.22. The largest absolute Gasteiger partial charge is 0.463 e. The molecule has 1 aliphatic carbocycles. The second-order valence-corrected chi connectivity index (χ2v) is 12.1. The number of anilines is 2. The highest BCUT2D eigenvalue weighted by molar-refractivity contribution is 7.22. The van der Waals surface area contributed by atoms with Crippen molar-refractivity contribution in [2.24, 2.45) is 5.41 Å². The molecule has 39 heavy (non-hydrogen) atoms. The van der Waals surface area contributed by atoms with E-state index in [1.807, 2.05) is 0 Å². The molecule has 7 rings (SSSR count). The maximum Gasteiger partial charge on any atom is 0.319 e. The second-order valence-electron chi connectivity index (χ2n) is 10.6. The third-order valence-electron chi connectivity index (χ3n) is 8.04. The van der Waals surface area contributed by atoms with Gasteiger partial charge in [-0.1, -0.05) is 22.9 Å². The van der Waals surface area contributed by atoms with E-state index >= 15 is 4.39 Å². The van der Waals surface area contributed by atoms with Crippen LogP contribution in [-0.2, 0) is 0 Å². The first-order valence-electron chi connectivity index (χ1n) is 12.9. The molecular formula is C27H24ClF2N7OS. The zero-order valence-corrected chi connectivity index (χ0v) is 22.4. The molecule has 2 atom stereocenters. The lowest BCUT2D eigenvalue weighted by Crippen LogP contribution is -2.51. The van der Waals surface area contributed by atoms with Crippen LogP contribution in [0.3, 0.4) is 0 Å². The van der Waals surface area contributed by atoms with E-state index in [0.29, 0.717) is 35.3 Å². The highest BCUT2D eigenvalue weighted by Crippen LogP contribution is 2.48. The Hall–Kier alpha value is -3.33. The monoisotopic (exact) mass is 567 g/mol. The van der Waals surface area contributed by atoms with Crippen molar-refractivity contribution in [2.75, 3.05) is 30.3 Å². The number of aromatic nitrogens is 3. The molecule has 4 heterocycles. The second kappa shape index (κ2) is 9.11. The fraction of sp³-hybridized carbons (Fsp3) is 0.407. The molecule has 2 saturated heterocycles. The number of nitrogen functional groups attached to an aromatic ring is 1. The van der Waals surface area contributed by atoms with Crippen LogP contribution in [0.5, 0.6) is 6.01 Å². The Morgan fingerprint density at radius 2 is 1.95 bits per heavy atom. The number of piperazine rings is 1. The molecule has 200 valence electrons. The van der Waals surface area contributed by atoms with Crippen molar-refractivity contribution >= 4 is 55.0 Å². The summed E-state index contributed by atoms with van der Waals surface area (Å²) in [5, 5.41) is 13.8. The summed E-state index contributed by atoms with van der Waals surface area (Å²) in [4.78, 5) is 15.6. The maximum atomic E-state index is 16.5. The molecule has 2 aromatic carbocycles. The van der Waals surface area contributed by atoms with Gasteiger partial charge in [-0.25, -0.2) is 13.8 Å². The number of nitrogens with zero attached hydrogens (tertiary/aromatic N) is 5. The van der Waals surface area contributed by atoms with Crippen LogP contribution < -0.4 is 20.7 Å². The Morgan fingerprint density at radius 1 is 1.18 bits per heavy atom. The van der Waals surface area contributed by atoms with E-state index in [4.69, 9.17) is 27.1 Å². The molecule has 0 spiro atoms. The number of halogens is 3. The molecule has 0 radical (unpaired) electrons. The number of nitrogens with two attached hydrogens (primary N) is 1. The predicted molar refractivity (Wildman–Crippen MR) is 147 cm³/mol. The van der Waals surface area contributed by atoms with Crippen LogP contribution in [0, 0.1) is 28.4 Å². The van der Waals surface area contributed by atoms with Gasteiger partial charge in [0.1, 0.15) is 17.2 Å². The first-order chi connectivity index (χ1) is 18.8. The molecule has 8 nitrogen and oxygen atoms in total. The highest BCUT2D eigenvalue weighted by Gasteiger charge is 2.43. The van der Waals surface area contributed by atoms with Crippen LogP contribution in [-0.4, -0.2) is 46.7 Å². The lowest BCUT2D eigenvalue weighted by molar-refractivity contribution is 0.268. The van der Waals surface area contributed by atoms with Gasteiger partial charge in [-0.15, -0.1) is 0 Å². The molecule has 2 aromatic heterocycles. The molecule has 3 aliphatic rings. The average molecular weight is 568 g/mol. The fourth-order valence-corrected chi connectivity index (χ4v) is 6.84. The van der Waals surface area contributed by atoms with Gasteiger partial charge in [0.05, 0.1) is 33.3 Å². The Bertz CT molecular complexity index is 1670. The minimum Gasteiger partial charge on any atom is -0.463 e. The van der Waals surface area contributed by atoms with E-state index in [1.54, 1.807) is 6.07 Å². The minimum absolute atomic E-state index is 0.0476. The Labute approximate surface area is 231 Å². The summed E-state index contributed by atoms with van der Waals surface area (Å²) in [5.74, 6) is -0.594. The molecule has 2 bridgehead atoms. The average Bonchev–Trinajstić information content (AvgIpc) is 3.47. The predicted octanol–water partition coefficient (Wildman–Crippen LogP) is 5.43. The van der Waals surface area contributed by atoms with E-state index in [-0.39, 0.29) is 49.5 Å². The third kappa shape index (κ3) is 4.22. The highest BCUT2D eigenvalue weighted by atomic mass is 35.5. The number of nitrogens with one attached hydrogen (secondary N) is 1. The summed E-state index contributed by atoms with van der Waals surface area (Å²) in [7, 11) is 0. The van der Waals surface area contributed by atoms with E-state index in [2.05, 4.69) is 26.3 Å². The van der Waals surface area contributed by atoms with Crippen LogP contribution >= 0.6 is 22.9 Å². The smallest absolute Gasteiger partial charge is 0.319 e. The van der Waals surface area contributed by atoms with Gasteiger partial charge in [0, 0.05) is 48.1 Å². The van der Waals surface area contributed by atoms with Crippen LogP contribution in [0.2, 0.25) is 5.02 Å². The number of fused-ring (bicyclic) bond motifs is 4. The van der Waals surface area contributed by atoms with Gasteiger partial charge in [-0.2, -0.15) is 15.2 Å². The third-order valence-corrected chi connectivity index (χ3v) is 9.23. The first kappa shape index (κ1) is 24.7. The molecule has 0 amide bonds. The quantitative estimate of drug-likeness (QED) is 0.317. The first-order valence-corrected chi connectivity index (χ1v) is 14.1. The van der Waals surface area contributed by atoms with Gasteiger partial charge < -0.3 is 20.7 Å². The lowest BCUT2D eigenvalue weighted by atomic mass is 10.0. The molecular weight excluding hydrogens is 544 g/mol. The van der Waals surface area contributed by atoms with Crippen LogP contribution in [0.15, 0.2) is 18.2 Å². The molecule has 3 fully saturated rings. The minimum atomic E-state index is -0.667. The Balaban J connectivity index is 1.37. The van der Waals surface area contributed by atoms with Crippen molar-refractivity contribution in [1.82, 2.24) is 20.3 Å². The lowest BCUT2D eigenvalue weighted by Gasteiger charge is -2.34. The fourth-order valence-electron chi connectivity index (χ4n) is 5.78. The van der Waals surface area contributed by atoms with E-state index in [0.717, 1.165) is 50.1 Å². The number of hydrogen-bond donors (Lipinski definition) is 2. The number of ether oxygens (including phenoxy) is 1. The summed E-state index contributed by atoms with van der Waals surface area (Å²) in [6, 6.07) is 7.43. The SMILES string of the molecule is N#CC1(CCOc2nc(N3CC4CCC(C3)N4)c3cc(Cl)c(-c4ccc(F)c5sc(N)nc45)c(F)c3n2)CC1. The zero-order valence-electron chi connectivity index (χ0n) is 20.8. The van der Waals surface area contributed by atoms with Crippen LogP contribution in [0.25, 0.3) is 32.2 Å². The summed E-state index contributed by atoms with van der Waals surface area (Å²) in [6.45, 7) is 1.69. The molecule has 1 saturated carbocycles. The normalized spacial score (nSPS) is 21.4. The van der Waals surface area contributed by atoms with E-state index in [1.165, 1.54) is 12.1 Å². The summed E-state index contributed by atoms with van der Waals surface area (Å²) >= 11 is 7.73. The molecule has 2 aliphatic heterocycles. The molecule has 3 N–H and O–H groups in total. The maximum absolute atomic E-state index is 16.5.